The second-order valence-corrected chi connectivity index (χ2v) is 8.23. The number of carbonyl (C=O) groups is 3. The van der Waals surface area contributed by atoms with E-state index in [0.29, 0.717) is 5.56 Å². The predicted octanol–water partition coefficient (Wildman–Crippen LogP) is 3.20. The standard InChI is InChI=1S/C20H25N3O4S/c1-12(2)21-20(26)22-17(24)13(3)27-19(25)16-14-8-4-5-9-15(14)28-18(16)23-10-6-7-11-23/h6-7,10-13H,4-5,8-9H2,1-3H3,(H2,21,22,24,26)/t13-/m0/s1. The molecule has 8 heteroatoms. The van der Waals surface area contributed by atoms with Crippen LogP contribution in [0.1, 0.15) is 54.4 Å². The molecule has 0 radical (unpaired) electrons. The van der Waals surface area contributed by atoms with Crippen molar-refractivity contribution in [2.24, 2.45) is 0 Å². The summed E-state index contributed by atoms with van der Waals surface area (Å²) in [4.78, 5) is 38.1. The maximum absolute atomic E-state index is 13.0. The summed E-state index contributed by atoms with van der Waals surface area (Å²) in [5, 5.41) is 5.57. The Kier molecular flexibility index (Phi) is 6.18. The average molecular weight is 404 g/mol. The first-order valence-corrected chi connectivity index (χ1v) is 10.3. The second-order valence-electron chi connectivity index (χ2n) is 7.15. The molecule has 1 atom stereocenters. The lowest BCUT2D eigenvalue weighted by molar-refractivity contribution is -0.127. The van der Waals surface area contributed by atoms with E-state index >= 15 is 0 Å². The number of amides is 3. The Morgan fingerprint density at radius 1 is 1.11 bits per heavy atom. The smallest absolute Gasteiger partial charge is 0.342 e. The number of thiophene rings is 1. The van der Waals surface area contributed by atoms with Crippen LogP contribution in [0.3, 0.4) is 0 Å². The molecular weight excluding hydrogens is 378 g/mol. The summed E-state index contributed by atoms with van der Waals surface area (Å²) in [5.74, 6) is -1.19. The summed E-state index contributed by atoms with van der Waals surface area (Å²) < 4.78 is 7.33. The van der Waals surface area contributed by atoms with Gasteiger partial charge in [-0.3, -0.25) is 10.1 Å². The van der Waals surface area contributed by atoms with E-state index in [2.05, 4.69) is 10.6 Å². The molecule has 2 N–H and O–H groups in total. The number of hydrogen-bond donors (Lipinski definition) is 2. The molecule has 7 nitrogen and oxygen atoms in total. The number of carbonyl (C=O) groups excluding carboxylic acids is 3. The number of ether oxygens (including phenoxy) is 1. The van der Waals surface area contributed by atoms with Gasteiger partial charge < -0.3 is 14.6 Å². The average Bonchev–Trinajstić information content (AvgIpc) is 3.28. The molecule has 0 fully saturated rings. The third kappa shape index (κ3) is 4.44. The van der Waals surface area contributed by atoms with Crippen molar-refractivity contribution in [3.05, 3.63) is 40.5 Å². The van der Waals surface area contributed by atoms with E-state index < -0.39 is 24.0 Å². The van der Waals surface area contributed by atoms with E-state index in [0.717, 1.165) is 36.2 Å². The molecule has 1 aliphatic rings. The maximum Gasteiger partial charge on any atom is 0.342 e. The molecule has 1 aliphatic carbocycles. The summed E-state index contributed by atoms with van der Waals surface area (Å²) in [6.45, 7) is 5.04. The Balaban J connectivity index is 1.78. The zero-order valence-electron chi connectivity index (χ0n) is 16.3. The first-order chi connectivity index (χ1) is 13.4. The largest absolute Gasteiger partial charge is 0.449 e. The number of aromatic nitrogens is 1. The Bertz CT molecular complexity index is 870. The molecule has 0 saturated carbocycles. The SMILES string of the molecule is CC(C)NC(=O)NC(=O)[C@H](C)OC(=O)c1c(-n2cccc2)sc2c1CCCC2. The van der Waals surface area contributed by atoms with Crippen molar-refractivity contribution in [2.75, 3.05) is 0 Å². The molecule has 0 bridgehead atoms. The molecule has 3 rings (SSSR count). The Morgan fingerprint density at radius 3 is 2.46 bits per heavy atom. The third-order valence-corrected chi connectivity index (χ3v) is 5.81. The van der Waals surface area contributed by atoms with Crippen LogP contribution in [0.2, 0.25) is 0 Å². The van der Waals surface area contributed by atoms with E-state index in [1.165, 1.54) is 11.8 Å². The number of fused-ring (bicyclic) bond motifs is 1. The van der Waals surface area contributed by atoms with Crippen molar-refractivity contribution in [1.82, 2.24) is 15.2 Å². The fourth-order valence-corrected chi connectivity index (χ4v) is 4.54. The van der Waals surface area contributed by atoms with E-state index in [4.69, 9.17) is 4.74 Å². The highest BCUT2D eigenvalue weighted by Crippen LogP contribution is 2.37. The predicted molar refractivity (Wildman–Crippen MR) is 107 cm³/mol. The summed E-state index contributed by atoms with van der Waals surface area (Å²) in [6.07, 6.45) is 6.61. The highest BCUT2D eigenvalue weighted by molar-refractivity contribution is 7.15. The van der Waals surface area contributed by atoms with Gasteiger partial charge in [0.1, 0.15) is 5.00 Å². The number of urea groups is 1. The van der Waals surface area contributed by atoms with Crippen LogP contribution in [0.15, 0.2) is 24.5 Å². The van der Waals surface area contributed by atoms with Gasteiger partial charge in [0, 0.05) is 23.3 Å². The number of esters is 1. The van der Waals surface area contributed by atoms with Crippen molar-refractivity contribution in [3.8, 4) is 5.00 Å². The quantitative estimate of drug-likeness (QED) is 0.751. The highest BCUT2D eigenvalue weighted by atomic mass is 32.1. The number of hydrogen-bond acceptors (Lipinski definition) is 5. The lowest BCUT2D eigenvalue weighted by Gasteiger charge is -2.16. The monoisotopic (exact) mass is 403 g/mol. The molecule has 0 aromatic carbocycles. The van der Waals surface area contributed by atoms with Gasteiger partial charge in [0.05, 0.1) is 5.56 Å². The normalized spacial score (nSPS) is 14.3. The Morgan fingerprint density at radius 2 is 1.79 bits per heavy atom. The van der Waals surface area contributed by atoms with Gasteiger partial charge in [-0.2, -0.15) is 0 Å². The summed E-state index contributed by atoms with van der Waals surface area (Å²) in [6, 6.07) is 3.09. The topological polar surface area (TPSA) is 89.4 Å². The number of nitrogens with one attached hydrogen (secondary N) is 2. The van der Waals surface area contributed by atoms with Crippen LogP contribution in [0.5, 0.6) is 0 Å². The van der Waals surface area contributed by atoms with Crippen molar-refractivity contribution < 1.29 is 19.1 Å². The minimum absolute atomic E-state index is 0.105. The van der Waals surface area contributed by atoms with Gasteiger partial charge in [-0.05, 0) is 64.2 Å². The summed E-state index contributed by atoms with van der Waals surface area (Å²) >= 11 is 1.60. The molecular formula is C20H25N3O4S. The zero-order chi connectivity index (χ0) is 20.3. The van der Waals surface area contributed by atoms with Crippen LogP contribution < -0.4 is 10.6 Å². The number of imide groups is 1. The van der Waals surface area contributed by atoms with Crippen LogP contribution in [0.4, 0.5) is 4.79 Å². The third-order valence-electron chi connectivity index (χ3n) is 4.51. The molecule has 0 aliphatic heterocycles. The van der Waals surface area contributed by atoms with Crippen LogP contribution in [-0.2, 0) is 22.4 Å². The van der Waals surface area contributed by atoms with Crippen molar-refractivity contribution in [2.45, 2.75) is 58.6 Å². The fourth-order valence-electron chi connectivity index (χ4n) is 3.20. The van der Waals surface area contributed by atoms with Gasteiger partial charge in [0.2, 0.25) is 0 Å². The van der Waals surface area contributed by atoms with Gasteiger partial charge in [-0.25, -0.2) is 9.59 Å². The first kappa shape index (κ1) is 20.1. The van der Waals surface area contributed by atoms with Gasteiger partial charge >= 0.3 is 12.0 Å². The molecule has 2 aromatic rings. The molecule has 2 aromatic heterocycles. The van der Waals surface area contributed by atoms with Crippen molar-refractivity contribution >= 4 is 29.2 Å². The zero-order valence-corrected chi connectivity index (χ0v) is 17.1. The van der Waals surface area contributed by atoms with Gasteiger partial charge in [0.25, 0.3) is 5.91 Å². The minimum Gasteiger partial charge on any atom is -0.449 e. The number of aryl methyl sites for hydroxylation is 1. The molecule has 0 spiro atoms. The van der Waals surface area contributed by atoms with E-state index in [1.54, 1.807) is 25.2 Å². The van der Waals surface area contributed by atoms with Gasteiger partial charge in [-0.1, -0.05) is 0 Å². The second kappa shape index (κ2) is 8.60. The molecule has 2 heterocycles. The lowest BCUT2D eigenvalue weighted by atomic mass is 9.95. The molecule has 3 amide bonds. The summed E-state index contributed by atoms with van der Waals surface area (Å²) in [5.41, 5.74) is 1.55. The van der Waals surface area contributed by atoms with Crippen LogP contribution in [0, 0.1) is 0 Å². The maximum atomic E-state index is 13.0. The van der Waals surface area contributed by atoms with Gasteiger partial charge in [0.15, 0.2) is 6.10 Å². The van der Waals surface area contributed by atoms with E-state index in [1.807, 2.05) is 29.1 Å². The van der Waals surface area contributed by atoms with Crippen LogP contribution in [0.25, 0.3) is 5.00 Å². The number of nitrogens with zero attached hydrogens (tertiary/aromatic N) is 1. The molecule has 0 saturated heterocycles. The van der Waals surface area contributed by atoms with E-state index in [9.17, 15) is 14.4 Å². The first-order valence-electron chi connectivity index (χ1n) is 9.47. The Hall–Kier alpha value is -2.61. The van der Waals surface area contributed by atoms with Crippen molar-refractivity contribution in [1.29, 1.82) is 0 Å². The van der Waals surface area contributed by atoms with E-state index in [-0.39, 0.29) is 6.04 Å². The lowest BCUT2D eigenvalue weighted by Crippen LogP contribution is -2.46. The molecule has 0 unspecified atom stereocenters. The van der Waals surface area contributed by atoms with Gasteiger partial charge in [-0.15, -0.1) is 11.3 Å². The highest BCUT2D eigenvalue weighted by Gasteiger charge is 2.29. The van der Waals surface area contributed by atoms with Crippen LogP contribution in [-0.4, -0.2) is 34.6 Å². The van der Waals surface area contributed by atoms with Crippen molar-refractivity contribution in [3.63, 3.8) is 0 Å². The summed E-state index contributed by atoms with van der Waals surface area (Å²) in [7, 11) is 0. The fraction of sp³-hybridized carbons (Fsp3) is 0.450. The minimum atomic E-state index is -1.08. The molecule has 28 heavy (non-hydrogen) atoms. The molecule has 150 valence electrons. The Labute approximate surface area is 168 Å². The van der Waals surface area contributed by atoms with Crippen LogP contribution >= 0.6 is 11.3 Å². The number of rotatable bonds is 5.